The maximum absolute atomic E-state index is 12.9. The van der Waals surface area contributed by atoms with Crippen LogP contribution in [0.4, 0.5) is 15.9 Å². The molecule has 0 saturated heterocycles. The molecule has 110 valence electrons. The molecule has 0 saturated carbocycles. The molecule has 0 spiro atoms. The number of halogens is 1. The van der Waals surface area contributed by atoms with Gasteiger partial charge in [-0.05, 0) is 48.5 Å². The minimum Gasteiger partial charge on any atom is -0.495 e. The number of aromatic nitrogens is 2. The van der Waals surface area contributed by atoms with E-state index >= 15 is 0 Å². The second kappa shape index (κ2) is 6.22. The summed E-state index contributed by atoms with van der Waals surface area (Å²) in [5.41, 5.74) is 2.53. The summed E-state index contributed by atoms with van der Waals surface area (Å²) >= 11 is 0. The van der Waals surface area contributed by atoms with E-state index in [1.54, 1.807) is 31.6 Å². The van der Waals surface area contributed by atoms with Crippen molar-refractivity contribution in [3.8, 4) is 17.0 Å². The predicted octanol–water partition coefficient (Wildman–Crippen LogP) is 4.03. The number of pyridine rings is 2. The van der Waals surface area contributed by atoms with E-state index < -0.39 is 0 Å². The second-order valence-electron chi connectivity index (χ2n) is 4.64. The minimum absolute atomic E-state index is 0.269. The highest BCUT2D eigenvalue weighted by Crippen LogP contribution is 2.23. The number of hydrogen-bond donors (Lipinski definition) is 1. The molecule has 3 rings (SSSR count). The van der Waals surface area contributed by atoms with E-state index in [1.807, 2.05) is 24.3 Å². The number of anilines is 2. The topological polar surface area (TPSA) is 47.0 Å². The zero-order valence-electron chi connectivity index (χ0n) is 12.0. The summed E-state index contributed by atoms with van der Waals surface area (Å²) in [5, 5.41) is 3.13. The summed E-state index contributed by atoms with van der Waals surface area (Å²) in [6, 6.07) is 13.6. The molecule has 0 unspecified atom stereocenters. The molecular formula is C17H14FN3O. The highest BCUT2D eigenvalue weighted by molar-refractivity contribution is 5.66. The molecule has 0 aliphatic carbocycles. The average Bonchev–Trinajstić information content (AvgIpc) is 2.57. The fourth-order valence-corrected chi connectivity index (χ4v) is 2.01. The minimum atomic E-state index is -0.269. The van der Waals surface area contributed by atoms with Crippen molar-refractivity contribution >= 4 is 11.5 Å². The number of ether oxygens (including phenoxy) is 1. The van der Waals surface area contributed by atoms with E-state index in [9.17, 15) is 4.39 Å². The first kappa shape index (κ1) is 14.0. The summed E-state index contributed by atoms with van der Waals surface area (Å²) in [5.74, 6) is 1.11. The quantitative estimate of drug-likeness (QED) is 0.789. The number of nitrogens with zero attached hydrogens (tertiary/aromatic N) is 2. The van der Waals surface area contributed by atoms with Crippen LogP contribution in [0, 0.1) is 5.82 Å². The zero-order valence-corrected chi connectivity index (χ0v) is 12.0. The third kappa shape index (κ3) is 3.20. The van der Waals surface area contributed by atoms with Crippen molar-refractivity contribution in [2.75, 3.05) is 12.4 Å². The van der Waals surface area contributed by atoms with Gasteiger partial charge >= 0.3 is 0 Å². The van der Waals surface area contributed by atoms with E-state index in [2.05, 4.69) is 15.3 Å². The molecule has 0 atom stereocenters. The molecule has 2 heterocycles. The van der Waals surface area contributed by atoms with Gasteiger partial charge in [0.1, 0.15) is 17.4 Å². The lowest BCUT2D eigenvalue weighted by molar-refractivity contribution is 0.413. The molecule has 0 radical (unpaired) electrons. The van der Waals surface area contributed by atoms with E-state index in [-0.39, 0.29) is 5.82 Å². The van der Waals surface area contributed by atoms with Crippen LogP contribution in [-0.4, -0.2) is 17.1 Å². The van der Waals surface area contributed by atoms with Crippen LogP contribution in [0.15, 0.2) is 60.9 Å². The summed E-state index contributed by atoms with van der Waals surface area (Å²) in [6.07, 6.45) is 3.37. The smallest absolute Gasteiger partial charge is 0.137 e. The molecule has 5 heteroatoms. The number of rotatable bonds is 4. The third-order valence-electron chi connectivity index (χ3n) is 3.14. The highest BCUT2D eigenvalue weighted by atomic mass is 19.1. The van der Waals surface area contributed by atoms with Gasteiger partial charge in [-0.3, -0.25) is 4.98 Å². The Hall–Kier alpha value is -2.95. The van der Waals surface area contributed by atoms with Crippen LogP contribution in [0.2, 0.25) is 0 Å². The molecular weight excluding hydrogens is 281 g/mol. The Labute approximate surface area is 127 Å². The fraction of sp³-hybridized carbons (Fsp3) is 0.0588. The molecule has 0 fully saturated rings. The molecule has 3 aromatic rings. The largest absolute Gasteiger partial charge is 0.495 e. The highest BCUT2D eigenvalue weighted by Gasteiger charge is 2.03. The fourth-order valence-electron chi connectivity index (χ4n) is 2.01. The molecule has 1 N–H and O–H groups in total. The Balaban J connectivity index is 1.83. The summed E-state index contributed by atoms with van der Waals surface area (Å²) in [6.45, 7) is 0. The third-order valence-corrected chi connectivity index (χ3v) is 3.14. The Morgan fingerprint density at radius 1 is 1.00 bits per heavy atom. The van der Waals surface area contributed by atoms with Gasteiger partial charge in [-0.15, -0.1) is 0 Å². The lowest BCUT2D eigenvalue weighted by Gasteiger charge is -2.08. The van der Waals surface area contributed by atoms with Gasteiger partial charge < -0.3 is 10.1 Å². The predicted molar refractivity (Wildman–Crippen MR) is 83.7 cm³/mol. The first-order chi connectivity index (χ1) is 10.7. The van der Waals surface area contributed by atoms with Gasteiger partial charge in [-0.1, -0.05) is 0 Å². The van der Waals surface area contributed by atoms with Gasteiger partial charge in [-0.25, -0.2) is 9.37 Å². The number of methoxy groups -OCH3 is 1. The van der Waals surface area contributed by atoms with Crippen LogP contribution >= 0.6 is 0 Å². The average molecular weight is 295 g/mol. The molecule has 0 bridgehead atoms. The van der Waals surface area contributed by atoms with E-state index in [0.29, 0.717) is 11.6 Å². The van der Waals surface area contributed by atoms with Crippen molar-refractivity contribution in [2.45, 2.75) is 0 Å². The van der Waals surface area contributed by atoms with Crippen LogP contribution < -0.4 is 10.1 Å². The van der Waals surface area contributed by atoms with Gasteiger partial charge in [0.05, 0.1) is 19.0 Å². The van der Waals surface area contributed by atoms with Crippen LogP contribution in [0.25, 0.3) is 11.3 Å². The SMILES string of the molecule is COc1ccc(-c2ccnc(Nc3ccc(F)cc3)c2)nc1. The van der Waals surface area contributed by atoms with Crippen molar-refractivity contribution in [3.05, 3.63) is 66.7 Å². The molecule has 2 aromatic heterocycles. The van der Waals surface area contributed by atoms with Gasteiger partial charge in [0.25, 0.3) is 0 Å². The van der Waals surface area contributed by atoms with E-state index in [1.165, 1.54) is 12.1 Å². The first-order valence-electron chi connectivity index (χ1n) is 6.74. The van der Waals surface area contributed by atoms with E-state index in [0.717, 1.165) is 16.9 Å². The first-order valence-corrected chi connectivity index (χ1v) is 6.74. The lowest BCUT2D eigenvalue weighted by Crippen LogP contribution is -1.94. The second-order valence-corrected chi connectivity index (χ2v) is 4.64. The maximum Gasteiger partial charge on any atom is 0.137 e. The summed E-state index contributed by atoms with van der Waals surface area (Å²) < 4.78 is 18.0. The Bertz CT molecular complexity index is 758. The molecule has 0 aliphatic rings. The Morgan fingerprint density at radius 3 is 2.50 bits per heavy atom. The van der Waals surface area contributed by atoms with Crippen LogP contribution in [0.3, 0.4) is 0 Å². The van der Waals surface area contributed by atoms with Crippen molar-refractivity contribution in [1.82, 2.24) is 9.97 Å². The van der Waals surface area contributed by atoms with E-state index in [4.69, 9.17) is 4.74 Å². The maximum atomic E-state index is 12.9. The van der Waals surface area contributed by atoms with Gasteiger partial charge in [0.15, 0.2) is 0 Å². The Morgan fingerprint density at radius 2 is 1.82 bits per heavy atom. The lowest BCUT2D eigenvalue weighted by atomic mass is 10.1. The summed E-state index contributed by atoms with van der Waals surface area (Å²) in [7, 11) is 1.61. The van der Waals surface area contributed by atoms with Gasteiger partial charge in [-0.2, -0.15) is 0 Å². The monoisotopic (exact) mass is 295 g/mol. The van der Waals surface area contributed by atoms with Crippen molar-refractivity contribution in [1.29, 1.82) is 0 Å². The van der Waals surface area contributed by atoms with Crippen molar-refractivity contribution in [2.24, 2.45) is 0 Å². The molecule has 1 aromatic carbocycles. The van der Waals surface area contributed by atoms with Crippen LogP contribution in [0.1, 0.15) is 0 Å². The normalized spacial score (nSPS) is 10.3. The van der Waals surface area contributed by atoms with Crippen molar-refractivity contribution in [3.63, 3.8) is 0 Å². The van der Waals surface area contributed by atoms with Gasteiger partial charge in [0.2, 0.25) is 0 Å². The number of nitrogens with one attached hydrogen (secondary N) is 1. The van der Waals surface area contributed by atoms with Crippen molar-refractivity contribution < 1.29 is 9.13 Å². The molecule has 0 aliphatic heterocycles. The molecule has 22 heavy (non-hydrogen) atoms. The number of hydrogen-bond acceptors (Lipinski definition) is 4. The summed E-state index contributed by atoms with van der Waals surface area (Å²) in [4.78, 5) is 8.61. The van der Waals surface area contributed by atoms with Gasteiger partial charge in [0, 0.05) is 17.4 Å². The van der Waals surface area contributed by atoms with Crippen LogP contribution in [-0.2, 0) is 0 Å². The van der Waals surface area contributed by atoms with Crippen LogP contribution in [0.5, 0.6) is 5.75 Å². The zero-order chi connectivity index (χ0) is 15.4. The molecule has 0 amide bonds. The molecule has 4 nitrogen and oxygen atoms in total. The standard InChI is InChI=1S/C17H14FN3O/c1-22-15-6-7-16(20-11-15)12-8-9-19-17(10-12)21-14-4-2-13(18)3-5-14/h2-11H,1H3,(H,19,21). The Kier molecular flexibility index (Phi) is 3.96. The number of benzene rings is 1.